The van der Waals surface area contributed by atoms with E-state index in [0.29, 0.717) is 10.7 Å². The molecule has 0 aromatic heterocycles. The Morgan fingerprint density at radius 2 is 1.74 bits per heavy atom. The van der Waals surface area contributed by atoms with E-state index >= 15 is 0 Å². The van der Waals surface area contributed by atoms with E-state index in [4.69, 9.17) is 12.2 Å². The molecule has 0 amide bonds. The highest BCUT2D eigenvalue weighted by Gasteiger charge is 2.33. The molecule has 1 heterocycles. The molecule has 1 N–H and O–H groups in total. The van der Waals surface area contributed by atoms with Crippen molar-refractivity contribution < 1.29 is 4.79 Å². The van der Waals surface area contributed by atoms with Gasteiger partial charge in [-0.3, -0.25) is 4.79 Å². The van der Waals surface area contributed by atoms with Crippen LogP contribution in [0.2, 0.25) is 0 Å². The first-order valence-electron chi connectivity index (χ1n) is 9.54. The van der Waals surface area contributed by atoms with Crippen LogP contribution in [-0.4, -0.2) is 22.3 Å². The summed E-state index contributed by atoms with van der Waals surface area (Å²) in [5, 5.41) is 4.10. The van der Waals surface area contributed by atoms with E-state index < -0.39 is 0 Å². The Morgan fingerprint density at radius 1 is 1.07 bits per heavy atom. The lowest BCUT2D eigenvalue weighted by Gasteiger charge is -2.38. The van der Waals surface area contributed by atoms with Crippen LogP contribution in [0.15, 0.2) is 65.9 Å². The maximum atomic E-state index is 13.4. The molecule has 0 bridgehead atoms. The molecule has 0 saturated carbocycles. The second kappa shape index (κ2) is 8.49. The number of hydrogen-bond acceptors (Lipinski definition) is 2. The van der Waals surface area contributed by atoms with Gasteiger partial charge >= 0.3 is 0 Å². The van der Waals surface area contributed by atoms with Crippen molar-refractivity contribution in [2.45, 2.75) is 39.7 Å². The quantitative estimate of drug-likeness (QED) is 0.563. The van der Waals surface area contributed by atoms with Gasteiger partial charge in [0, 0.05) is 23.4 Å². The smallest absolute Gasteiger partial charge is 0.193 e. The van der Waals surface area contributed by atoms with Gasteiger partial charge in [-0.25, -0.2) is 0 Å². The highest BCUT2D eigenvalue weighted by Crippen LogP contribution is 2.33. The number of carbonyl (C=O) groups is 1. The van der Waals surface area contributed by atoms with E-state index in [1.165, 1.54) is 5.56 Å². The van der Waals surface area contributed by atoms with Crippen molar-refractivity contribution >= 4 is 23.1 Å². The minimum atomic E-state index is -0.232. The third-order valence-corrected chi connectivity index (χ3v) is 5.38. The Balaban J connectivity index is 2.09. The molecule has 2 aromatic carbocycles. The first kappa shape index (κ1) is 19.3. The number of ketones is 1. The number of nitrogens with one attached hydrogen (secondary N) is 1. The normalized spacial score (nSPS) is 17.1. The Morgan fingerprint density at radius 3 is 2.33 bits per heavy atom. The van der Waals surface area contributed by atoms with Gasteiger partial charge in [0.15, 0.2) is 10.9 Å². The number of allylic oxidation sites excluding steroid dienone is 1. The summed E-state index contributed by atoms with van der Waals surface area (Å²) in [5.41, 5.74) is 4.75. The van der Waals surface area contributed by atoms with Crippen LogP contribution in [0.3, 0.4) is 0 Å². The van der Waals surface area contributed by atoms with Gasteiger partial charge in [0.25, 0.3) is 0 Å². The van der Waals surface area contributed by atoms with Crippen LogP contribution in [0.1, 0.15) is 54.7 Å². The Labute approximate surface area is 167 Å². The zero-order valence-electron chi connectivity index (χ0n) is 16.2. The number of hydrogen-bond donors (Lipinski definition) is 1. The summed E-state index contributed by atoms with van der Waals surface area (Å²) >= 11 is 5.62. The minimum Gasteiger partial charge on any atom is -0.351 e. The average Bonchev–Trinajstić information content (AvgIpc) is 2.71. The van der Waals surface area contributed by atoms with Gasteiger partial charge in [0.1, 0.15) is 0 Å². The van der Waals surface area contributed by atoms with E-state index in [-0.39, 0.29) is 11.8 Å². The zero-order valence-corrected chi connectivity index (χ0v) is 17.0. The molecular formula is C23H26N2OS. The van der Waals surface area contributed by atoms with Gasteiger partial charge in [-0.15, -0.1) is 0 Å². The lowest BCUT2D eigenvalue weighted by Crippen LogP contribution is -2.47. The maximum absolute atomic E-state index is 13.4. The second-order valence-electron chi connectivity index (χ2n) is 6.82. The van der Waals surface area contributed by atoms with Crippen molar-refractivity contribution in [3.63, 3.8) is 0 Å². The molecule has 140 valence electrons. The molecule has 4 heteroatoms. The van der Waals surface area contributed by atoms with Crippen molar-refractivity contribution in [1.82, 2.24) is 10.2 Å². The fourth-order valence-corrected chi connectivity index (χ4v) is 3.86. The predicted octanol–water partition coefficient (Wildman–Crippen LogP) is 5.05. The number of rotatable bonds is 6. The van der Waals surface area contributed by atoms with Gasteiger partial charge in [-0.2, -0.15) is 0 Å². The van der Waals surface area contributed by atoms with Crippen LogP contribution in [0, 0.1) is 0 Å². The van der Waals surface area contributed by atoms with Crippen LogP contribution in [0.5, 0.6) is 0 Å². The van der Waals surface area contributed by atoms with Gasteiger partial charge in [0.2, 0.25) is 0 Å². The van der Waals surface area contributed by atoms with Crippen LogP contribution < -0.4 is 5.32 Å². The molecule has 0 aliphatic carbocycles. The molecule has 0 fully saturated rings. The van der Waals surface area contributed by atoms with Crippen molar-refractivity contribution in [2.75, 3.05) is 6.54 Å². The minimum absolute atomic E-state index is 0.0498. The van der Waals surface area contributed by atoms with E-state index in [2.05, 4.69) is 43.4 Å². The molecule has 2 aromatic rings. The van der Waals surface area contributed by atoms with Crippen molar-refractivity contribution in [1.29, 1.82) is 0 Å². The second-order valence-corrected chi connectivity index (χ2v) is 7.21. The number of carbonyl (C=O) groups excluding carboxylic acids is 1. The van der Waals surface area contributed by atoms with E-state index in [1.54, 1.807) is 0 Å². The van der Waals surface area contributed by atoms with Crippen molar-refractivity contribution in [3.8, 4) is 0 Å². The van der Waals surface area contributed by atoms with Gasteiger partial charge < -0.3 is 10.2 Å². The fraction of sp³-hybridized carbons (Fsp3) is 0.304. The predicted molar refractivity (Wildman–Crippen MR) is 115 cm³/mol. The molecule has 27 heavy (non-hydrogen) atoms. The summed E-state index contributed by atoms with van der Waals surface area (Å²) in [7, 11) is 0. The van der Waals surface area contributed by atoms with Crippen LogP contribution >= 0.6 is 12.2 Å². The molecule has 1 unspecified atom stereocenters. The largest absolute Gasteiger partial charge is 0.351 e. The number of nitrogens with zero attached hydrogens (tertiary/aromatic N) is 1. The monoisotopic (exact) mass is 378 g/mol. The summed E-state index contributed by atoms with van der Waals surface area (Å²) in [6, 6.07) is 17.7. The van der Waals surface area contributed by atoms with Gasteiger partial charge in [-0.05, 0) is 43.1 Å². The van der Waals surface area contributed by atoms with Crippen LogP contribution in [-0.2, 0) is 6.42 Å². The molecule has 0 radical (unpaired) electrons. The number of benzene rings is 2. The molecular weight excluding hydrogens is 352 g/mol. The van der Waals surface area contributed by atoms with E-state index in [9.17, 15) is 4.79 Å². The first-order valence-corrected chi connectivity index (χ1v) is 9.95. The van der Waals surface area contributed by atoms with Crippen LogP contribution in [0.4, 0.5) is 0 Å². The summed E-state index contributed by atoms with van der Waals surface area (Å²) < 4.78 is 0. The molecule has 0 spiro atoms. The van der Waals surface area contributed by atoms with Crippen molar-refractivity contribution in [3.05, 3.63) is 82.6 Å². The van der Waals surface area contributed by atoms with Crippen LogP contribution in [0.25, 0.3) is 0 Å². The van der Waals surface area contributed by atoms with E-state index in [1.807, 2.05) is 42.2 Å². The third-order valence-electron chi connectivity index (χ3n) is 5.05. The highest BCUT2D eigenvalue weighted by atomic mass is 32.1. The molecule has 3 nitrogen and oxygen atoms in total. The SMILES string of the molecule is CCCN1C(=S)NC(c2ccc(CC)cc2)C(C(=O)c2ccccc2)=C1C. The molecule has 3 rings (SSSR count). The lowest BCUT2D eigenvalue weighted by molar-refractivity contribution is 0.102. The number of thiocarbonyl (C=S) groups is 1. The molecule has 1 aliphatic heterocycles. The van der Waals surface area contributed by atoms with Gasteiger partial charge in [-0.1, -0.05) is 68.4 Å². The molecule has 0 saturated heterocycles. The number of aryl methyl sites for hydroxylation is 1. The Hall–Kier alpha value is -2.46. The van der Waals surface area contributed by atoms with E-state index in [0.717, 1.165) is 36.2 Å². The summed E-state index contributed by atoms with van der Waals surface area (Å²) in [6.45, 7) is 7.06. The first-order chi connectivity index (χ1) is 13.1. The summed E-state index contributed by atoms with van der Waals surface area (Å²) in [4.78, 5) is 15.4. The highest BCUT2D eigenvalue weighted by molar-refractivity contribution is 7.80. The standard InChI is InChI=1S/C23H26N2OS/c1-4-15-25-16(3)20(22(26)19-9-7-6-8-10-19)21(24-23(25)27)18-13-11-17(5-2)12-14-18/h6-14,21H,4-5,15H2,1-3H3,(H,24,27). The summed E-state index contributed by atoms with van der Waals surface area (Å²) in [5.74, 6) is 0.0498. The average molecular weight is 379 g/mol. The molecule has 1 aliphatic rings. The topological polar surface area (TPSA) is 32.3 Å². The molecule has 1 atom stereocenters. The zero-order chi connectivity index (χ0) is 19.4. The van der Waals surface area contributed by atoms with Gasteiger partial charge in [0.05, 0.1) is 6.04 Å². The van der Waals surface area contributed by atoms with Crippen molar-refractivity contribution in [2.24, 2.45) is 0 Å². The number of Topliss-reactive ketones (excluding diaryl/α,β-unsaturated/α-hetero) is 1. The maximum Gasteiger partial charge on any atom is 0.193 e. The fourth-order valence-electron chi connectivity index (χ4n) is 3.51. The Bertz CT molecular complexity index is 856. The lowest BCUT2D eigenvalue weighted by atomic mass is 9.88. The summed E-state index contributed by atoms with van der Waals surface area (Å²) in [6.07, 6.45) is 1.95. The third kappa shape index (κ3) is 3.96. The Kier molecular flexibility index (Phi) is 6.07.